The molecule has 0 heterocycles. The van der Waals surface area contributed by atoms with Crippen molar-refractivity contribution in [3.8, 4) is 0 Å². The van der Waals surface area contributed by atoms with Crippen molar-refractivity contribution < 1.29 is 9.22 Å². The van der Waals surface area contributed by atoms with E-state index in [0.717, 1.165) is 23.8 Å². The van der Waals surface area contributed by atoms with Crippen LogP contribution in [0.1, 0.15) is 130 Å². The van der Waals surface area contributed by atoms with Gasteiger partial charge in [-0.3, -0.25) is 0 Å². The number of unbranched alkanes of at least 4 members (excludes halogenated alkanes) is 14. The molecule has 0 aliphatic carbocycles. The molecule has 0 aromatic carbocycles. The van der Waals surface area contributed by atoms with Gasteiger partial charge in [0.1, 0.15) is 0 Å². The molecular formula is C27H54O2Si. The second kappa shape index (κ2) is 21.7. The molecule has 0 radical (unpaired) electrons. The minimum absolute atomic E-state index is 0.237. The molecule has 2 nitrogen and oxygen atoms in total. The lowest BCUT2D eigenvalue weighted by Gasteiger charge is -2.24. The van der Waals surface area contributed by atoms with E-state index in [1.165, 1.54) is 109 Å². The first-order valence-electron chi connectivity index (χ1n) is 13.3. The molecule has 0 amide bonds. The molecule has 0 rings (SSSR count). The quantitative estimate of drug-likeness (QED) is 0.0963. The Morgan fingerprint density at radius 3 is 1.43 bits per heavy atom. The second-order valence-electron chi connectivity index (χ2n) is 9.97. The van der Waals surface area contributed by atoms with Crippen LogP contribution in [0.2, 0.25) is 6.04 Å². The first kappa shape index (κ1) is 29.4. The molecule has 0 atom stereocenters. The zero-order chi connectivity index (χ0) is 22.5. The first-order valence-corrected chi connectivity index (χ1v) is 14.9. The lowest BCUT2D eigenvalue weighted by Crippen LogP contribution is -2.15. The van der Waals surface area contributed by atoms with Crippen LogP contribution in [0.25, 0.3) is 0 Å². The number of hydrogen-bond donors (Lipinski definition) is 0. The van der Waals surface area contributed by atoms with E-state index >= 15 is 0 Å². The van der Waals surface area contributed by atoms with Gasteiger partial charge < -0.3 is 4.43 Å². The summed E-state index contributed by atoms with van der Waals surface area (Å²) in [6.07, 6.45) is 23.7. The Morgan fingerprint density at radius 1 is 0.700 bits per heavy atom. The topological polar surface area (TPSA) is 26.3 Å². The van der Waals surface area contributed by atoms with Crippen LogP contribution in [-0.2, 0) is 9.22 Å². The summed E-state index contributed by atoms with van der Waals surface area (Å²) in [6, 6.07) is 1.12. The third-order valence-electron chi connectivity index (χ3n) is 6.56. The third kappa shape index (κ3) is 19.4. The van der Waals surface area contributed by atoms with Gasteiger partial charge in [0.2, 0.25) is 9.76 Å². The summed E-state index contributed by atoms with van der Waals surface area (Å²) >= 11 is 0. The maximum atomic E-state index is 10.9. The van der Waals surface area contributed by atoms with Gasteiger partial charge in [0.25, 0.3) is 0 Å². The van der Waals surface area contributed by atoms with Crippen LogP contribution < -0.4 is 0 Å². The number of carbonyl (C=O) groups excluding carboxylic acids is 1. The molecule has 3 heteroatoms. The summed E-state index contributed by atoms with van der Waals surface area (Å²) < 4.78 is 5.12. The molecule has 0 aliphatic heterocycles. The summed E-state index contributed by atoms with van der Waals surface area (Å²) in [5.74, 6) is 2.36. The Morgan fingerprint density at radius 2 is 1.07 bits per heavy atom. The summed E-state index contributed by atoms with van der Waals surface area (Å²) in [4.78, 5) is 10.9. The van der Waals surface area contributed by atoms with Crippen molar-refractivity contribution in [1.29, 1.82) is 0 Å². The van der Waals surface area contributed by atoms with Crippen LogP contribution in [0.3, 0.4) is 0 Å². The highest BCUT2D eigenvalue weighted by Gasteiger charge is 2.16. The Bertz CT molecular complexity index is 384. The van der Waals surface area contributed by atoms with Gasteiger partial charge in [0, 0.05) is 6.08 Å². The fourth-order valence-electron chi connectivity index (χ4n) is 4.63. The maximum Gasteiger partial charge on any atom is 0.316 e. The van der Waals surface area contributed by atoms with Gasteiger partial charge in [-0.2, -0.15) is 0 Å². The van der Waals surface area contributed by atoms with E-state index in [0.29, 0.717) is 0 Å². The predicted molar refractivity (Wildman–Crippen MR) is 137 cm³/mol. The molecular weight excluding hydrogens is 384 g/mol. The molecule has 0 saturated heterocycles. The van der Waals surface area contributed by atoms with E-state index in [9.17, 15) is 4.79 Å². The molecule has 178 valence electrons. The molecule has 30 heavy (non-hydrogen) atoms. The Balaban J connectivity index is 3.19. The largest absolute Gasteiger partial charge is 0.522 e. The second-order valence-corrected chi connectivity index (χ2v) is 11.4. The minimum atomic E-state index is -0.642. The zero-order valence-corrected chi connectivity index (χ0v) is 22.5. The molecule has 0 saturated carbocycles. The van der Waals surface area contributed by atoms with E-state index in [1.54, 1.807) is 0 Å². The molecule has 0 N–H and O–H groups in total. The lowest BCUT2D eigenvalue weighted by atomic mass is 9.81. The maximum absolute atomic E-state index is 10.9. The van der Waals surface area contributed by atoms with Crippen LogP contribution in [0.5, 0.6) is 0 Å². The fraction of sp³-hybridized carbons (Fsp3) is 0.889. The van der Waals surface area contributed by atoms with Gasteiger partial charge in [-0.15, -0.1) is 0 Å². The zero-order valence-electron chi connectivity index (χ0n) is 21.1. The highest BCUT2D eigenvalue weighted by molar-refractivity contribution is 6.31. The minimum Gasteiger partial charge on any atom is -0.522 e. The van der Waals surface area contributed by atoms with Crippen LogP contribution in [0.15, 0.2) is 12.7 Å². The summed E-state index contributed by atoms with van der Waals surface area (Å²) in [5, 5.41) is 0. The first-order chi connectivity index (χ1) is 14.5. The third-order valence-corrected chi connectivity index (χ3v) is 7.83. The average molecular weight is 439 g/mol. The summed E-state index contributed by atoms with van der Waals surface area (Å²) in [6.45, 7) is 13.0. The van der Waals surface area contributed by atoms with Gasteiger partial charge in [-0.25, -0.2) is 4.79 Å². The van der Waals surface area contributed by atoms with Gasteiger partial charge in [-0.1, -0.05) is 131 Å². The highest BCUT2D eigenvalue weighted by atomic mass is 28.2. The Labute approximate surface area is 192 Å². The SMILES string of the molecule is C=CC(=O)O[SiH2]CCCCCCCCCCCCCCCCCC(C(C)C)C(C)C. The van der Waals surface area contributed by atoms with Crippen LogP contribution >= 0.6 is 0 Å². The van der Waals surface area contributed by atoms with Crippen LogP contribution in [0, 0.1) is 17.8 Å². The van der Waals surface area contributed by atoms with Gasteiger partial charge >= 0.3 is 5.97 Å². The van der Waals surface area contributed by atoms with Crippen molar-refractivity contribution in [2.75, 3.05) is 0 Å². The number of carbonyl (C=O) groups is 1. The van der Waals surface area contributed by atoms with Crippen LogP contribution in [-0.4, -0.2) is 15.7 Å². The van der Waals surface area contributed by atoms with E-state index in [4.69, 9.17) is 4.43 Å². The van der Waals surface area contributed by atoms with Gasteiger partial charge in [0.05, 0.1) is 0 Å². The standard InChI is InChI=1S/C27H54O2Si/c1-6-27(28)29-30-23-21-19-17-15-13-11-9-7-8-10-12-14-16-18-20-22-26(24(2)3)25(4)5/h6,24-26H,1,7-23,30H2,2-5H3. The summed E-state index contributed by atoms with van der Waals surface area (Å²) in [7, 11) is -0.642. The van der Waals surface area contributed by atoms with Crippen molar-refractivity contribution in [3.63, 3.8) is 0 Å². The molecule has 0 aromatic heterocycles. The summed E-state index contributed by atoms with van der Waals surface area (Å²) in [5.41, 5.74) is 0. The molecule has 0 unspecified atom stereocenters. The average Bonchev–Trinajstić information content (AvgIpc) is 2.71. The van der Waals surface area contributed by atoms with Crippen molar-refractivity contribution in [2.45, 2.75) is 136 Å². The van der Waals surface area contributed by atoms with Crippen LogP contribution in [0.4, 0.5) is 0 Å². The van der Waals surface area contributed by atoms with Gasteiger partial charge in [-0.05, 0) is 30.2 Å². The van der Waals surface area contributed by atoms with E-state index in [-0.39, 0.29) is 5.97 Å². The Kier molecular flexibility index (Phi) is 21.2. The van der Waals surface area contributed by atoms with Crippen molar-refractivity contribution in [3.05, 3.63) is 12.7 Å². The van der Waals surface area contributed by atoms with E-state index in [1.807, 2.05) is 0 Å². The molecule has 0 spiro atoms. The van der Waals surface area contributed by atoms with E-state index < -0.39 is 9.76 Å². The number of rotatable bonds is 22. The lowest BCUT2D eigenvalue weighted by molar-refractivity contribution is -0.128. The molecule has 0 bridgehead atoms. The monoisotopic (exact) mass is 438 g/mol. The highest BCUT2D eigenvalue weighted by Crippen LogP contribution is 2.26. The predicted octanol–water partition coefficient (Wildman–Crippen LogP) is 8.39. The molecule has 0 aliphatic rings. The van der Waals surface area contributed by atoms with Gasteiger partial charge in [0.15, 0.2) is 0 Å². The fourth-order valence-corrected chi connectivity index (χ4v) is 5.65. The number of hydrogen-bond acceptors (Lipinski definition) is 2. The Hall–Kier alpha value is -0.573. The van der Waals surface area contributed by atoms with Crippen molar-refractivity contribution >= 4 is 15.7 Å². The van der Waals surface area contributed by atoms with Crippen molar-refractivity contribution in [2.24, 2.45) is 17.8 Å². The van der Waals surface area contributed by atoms with E-state index in [2.05, 4.69) is 34.3 Å². The normalized spacial score (nSPS) is 12.0. The smallest absolute Gasteiger partial charge is 0.316 e. The molecule has 0 fully saturated rings. The van der Waals surface area contributed by atoms with Crippen molar-refractivity contribution in [1.82, 2.24) is 0 Å². The molecule has 0 aromatic rings.